The molecule has 1 N–H and O–H groups in total. The van der Waals surface area contributed by atoms with Crippen LogP contribution in [-0.2, 0) is 12.8 Å². The van der Waals surface area contributed by atoms with Crippen molar-refractivity contribution in [3.8, 4) is 0 Å². The first-order valence-electron chi connectivity index (χ1n) is 7.86. The summed E-state index contributed by atoms with van der Waals surface area (Å²) in [6.07, 6.45) is 5.09. The summed E-state index contributed by atoms with van der Waals surface area (Å²) in [5, 5.41) is 5.69. The summed E-state index contributed by atoms with van der Waals surface area (Å²) in [4.78, 5) is 3.67. The number of hydrogen-bond donors (Lipinski definition) is 1. The summed E-state index contributed by atoms with van der Waals surface area (Å²) < 4.78 is 0. The highest BCUT2D eigenvalue weighted by Crippen LogP contribution is 2.40. The van der Waals surface area contributed by atoms with E-state index in [0.29, 0.717) is 0 Å². The Morgan fingerprint density at radius 3 is 2.19 bits per heavy atom. The molecule has 3 aromatic carbocycles. The summed E-state index contributed by atoms with van der Waals surface area (Å²) in [6, 6.07) is 17.6. The highest BCUT2D eigenvalue weighted by molar-refractivity contribution is 6.19. The number of hydrogen-bond acceptors (Lipinski definition) is 0. The number of benzene rings is 3. The van der Waals surface area contributed by atoms with Crippen molar-refractivity contribution in [1.29, 1.82) is 0 Å². The Hall–Kier alpha value is -2.28. The lowest BCUT2D eigenvalue weighted by atomic mass is 9.84. The highest BCUT2D eigenvalue weighted by atomic mass is 14.7. The van der Waals surface area contributed by atoms with Crippen molar-refractivity contribution in [2.75, 3.05) is 0 Å². The molecule has 1 heteroatoms. The predicted octanol–water partition coefficient (Wildman–Crippen LogP) is 5.35. The average molecular weight is 271 g/mol. The van der Waals surface area contributed by atoms with E-state index in [1.165, 1.54) is 58.3 Å². The van der Waals surface area contributed by atoms with Gasteiger partial charge in [0.15, 0.2) is 0 Å². The zero-order chi connectivity index (χ0) is 13.8. The topological polar surface area (TPSA) is 15.8 Å². The summed E-state index contributed by atoms with van der Waals surface area (Å²) in [5.41, 5.74) is 5.77. The molecule has 4 aromatic rings. The summed E-state index contributed by atoms with van der Waals surface area (Å²) in [6.45, 7) is 0. The van der Waals surface area contributed by atoms with Crippen LogP contribution < -0.4 is 0 Å². The molecule has 0 radical (unpaired) electrons. The second-order valence-electron chi connectivity index (χ2n) is 6.13. The maximum absolute atomic E-state index is 3.67. The van der Waals surface area contributed by atoms with Crippen molar-refractivity contribution in [3.05, 3.63) is 59.7 Å². The lowest BCUT2D eigenvalue weighted by Crippen LogP contribution is -2.04. The molecule has 0 saturated heterocycles. The lowest BCUT2D eigenvalue weighted by Gasteiger charge is -2.20. The molecular formula is C20H17N. The molecular weight excluding hydrogens is 254 g/mol. The van der Waals surface area contributed by atoms with Gasteiger partial charge in [-0.3, -0.25) is 0 Å². The van der Waals surface area contributed by atoms with E-state index in [-0.39, 0.29) is 0 Å². The third-order valence-corrected chi connectivity index (χ3v) is 5.00. The number of nitrogens with one attached hydrogen (secondary N) is 1. The average Bonchev–Trinajstić information content (AvgIpc) is 2.95. The van der Waals surface area contributed by atoms with E-state index in [9.17, 15) is 0 Å². The van der Waals surface area contributed by atoms with Crippen molar-refractivity contribution < 1.29 is 0 Å². The Labute approximate surface area is 123 Å². The Balaban J connectivity index is 2.12. The quantitative estimate of drug-likeness (QED) is 0.443. The zero-order valence-electron chi connectivity index (χ0n) is 11.9. The maximum Gasteiger partial charge on any atom is 0.0547 e. The van der Waals surface area contributed by atoms with Crippen LogP contribution in [0, 0.1) is 0 Å². The third kappa shape index (κ3) is 1.46. The van der Waals surface area contributed by atoms with E-state index >= 15 is 0 Å². The van der Waals surface area contributed by atoms with Crippen molar-refractivity contribution in [1.82, 2.24) is 4.98 Å². The minimum absolute atomic E-state index is 1.22. The molecule has 0 atom stereocenters. The summed E-state index contributed by atoms with van der Waals surface area (Å²) >= 11 is 0. The van der Waals surface area contributed by atoms with Gasteiger partial charge < -0.3 is 4.98 Å². The summed E-state index contributed by atoms with van der Waals surface area (Å²) in [5.74, 6) is 0. The second kappa shape index (κ2) is 4.11. The van der Waals surface area contributed by atoms with Crippen LogP contribution in [0.2, 0.25) is 0 Å². The second-order valence-corrected chi connectivity index (χ2v) is 6.13. The van der Waals surface area contributed by atoms with Crippen molar-refractivity contribution in [2.45, 2.75) is 25.7 Å². The van der Waals surface area contributed by atoms with Crippen LogP contribution in [0.4, 0.5) is 0 Å². The van der Waals surface area contributed by atoms with E-state index in [0.717, 1.165) is 0 Å². The van der Waals surface area contributed by atoms with Crippen LogP contribution in [0.1, 0.15) is 24.0 Å². The highest BCUT2D eigenvalue weighted by Gasteiger charge is 2.19. The molecule has 102 valence electrons. The van der Waals surface area contributed by atoms with Crippen LogP contribution in [0.25, 0.3) is 32.6 Å². The normalized spacial score (nSPS) is 14.9. The Kier molecular flexibility index (Phi) is 2.23. The Morgan fingerprint density at radius 2 is 1.33 bits per heavy atom. The van der Waals surface area contributed by atoms with Gasteiger partial charge in [-0.05, 0) is 48.3 Å². The first kappa shape index (κ1) is 11.4. The molecule has 0 spiro atoms. The zero-order valence-corrected chi connectivity index (χ0v) is 11.9. The van der Waals surface area contributed by atoms with Gasteiger partial charge in [-0.1, -0.05) is 42.5 Å². The molecule has 0 bridgehead atoms. The van der Waals surface area contributed by atoms with E-state index < -0.39 is 0 Å². The fourth-order valence-electron chi connectivity index (χ4n) is 4.10. The molecule has 0 aliphatic heterocycles. The van der Waals surface area contributed by atoms with Gasteiger partial charge >= 0.3 is 0 Å². The molecule has 0 saturated carbocycles. The standard InChI is InChI=1S/C20H17N/c1-3-9-15-13(7-1)14-8-2-4-10-16(14)20-19(15)17-11-5-6-12-18(17)21-20/h2,4-6,8,10-12,21H,1,3,7,9H2. The third-order valence-electron chi connectivity index (χ3n) is 5.00. The van der Waals surface area contributed by atoms with Gasteiger partial charge in [0, 0.05) is 21.7 Å². The number of aromatic nitrogens is 1. The maximum atomic E-state index is 3.67. The van der Waals surface area contributed by atoms with Crippen molar-refractivity contribution in [3.63, 3.8) is 0 Å². The van der Waals surface area contributed by atoms with Crippen LogP contribution in [0.5, 0.6) is 0 Å². The van der Waals surface area contributed by atoms with Crippen LogP contribution in [0.15, 0.2) is 48.5 Å². The number of para-hydroxylation sites is 1. The van der Waals surface area contributed by atoms with E-state index in [1.807, 2.05) is 0 Å². The number of aryl methyl sites for hydroxylation is 2. The SMILES string of the molecule is c1ccc2c(c1)[nH]c1c3ccccc3c3c(c21)CCCC3. The Morgan fingerprint density at radius 1 is 0.667 bits per heavy atom. The Bertz CT molecular complexity index is 991. The molecule has 1 nitrogen and oxygen atoms in total. The molecule has 1 heterocycles. The smallest absolute Gasteiger partial charge is 0.0547 e. The number of H-pyrrole nitrogens is 1. The van der Waals surface area contributed by atoms with Gasteiger partial charge in [0.1, 0.15) is 0 Å². The fourth-order valence-corrected chi connectivity index (χ4v) is 4.10. The molecule has 5 rings (SSSR count). The van der Waals surface area contributed by atoms with Crippen LogP contribution in [0.3, 0.4) is 0 Å². The number of rotatable bonds is 0. The van der Waals surface area contributed by atoms with Gasteiger partial charge in [-0.2, -0.15) is 0 Å². The molecule has 1 aromatic heterocycles. The molecule has 0 fully saturated rings. The van der Waals surface area contributed by atoms with Crippen molar-refractivity contribution >= 4 is 32.6 Å². The predicted molar refractivity (Wildman–Crippen MR) is 90.0 cm³/mol. The molecule has 0 unspecified atom stereocenters. The fraction of sp³-hybridized carbons (Fsp3) is 0.200. The van der Waals surface area contributed by atoms with Gasteiger partial charge in [0.05, 0.1) is 5.52 Å². The largest absolute Gasteiger partial charge is 0.354 e. The number of aromatic amines is 1. The molecule has 21 heavy (non-hydrogen) atoms. The first-order valence-corrected chi connectivity index (χ1v) is 7.86. The van der Waals surface area contributed by atoms with Crippen molar-refractivity contribution in [2.24, 2.45) is 0 Å². The number of fused-ring (bicyclic) bond motifs is 8. The molecule has 1 aliphatic rings. The minimum Gasteiger partial charge on any atom is -0.354 e. The van der Waals surface area contributed by atoms with E-state index in [4.69, 9.17) is 0 Å². The molecule has 1 aliphatic carbocycles. The lowest BCUT2D eigenvalue weighted by molar-refractivity contribution is 0.694. The summed E-state index contributed by atoms with van der Waals surface area (Å²) in [7, 11) is 0. The van der Waals surface area contributed by atoms with Gasteiger partial charge in [0.25, 0.3) is 0 Å². The first-order chi connectivity index (χ1) is 10.4. The van der Waals surface area contributed by atoms with E-state index in [2.05, 4.69) is 53.5 Å². The van der Waals surface area contributed by atoms with Crippen LogP contribution >= 0.6 is 0 Å². The van der Waals surface area contributed by atoms with Crippen LogP contribution in [-0.4, -0.2) is 4.98 Å². The van der Waals surface area contributed by atoms with Gasteiger partial charge in [-0.15, -0.1) is 0 Å². The minimum atomic E-state index is 1.22. The van der Waals surface area contributed by atoms with Gasteiger partial charge in [-0.25, -0.2) is 0 Å². The monoisotopic (exact) mass is 271 g/mol. The van der Waals surface area contributed by atoms with Gasteiger partial charge in [0.2, 0.25) is 0 Å². The van der Waals surface area contributed by atoms with E-state index in [1.54, 1.807) is 11.1 Å². The molecule has 0 amide bonds.